The first kappa shape index (κ1) is 12.0. The van der Waals surface area contributed by atoms with E-state index in [1.807, 2.05) is 0 Å². The molecule has 1 aliphatic heterocycles. The Morgan fingerprint density at radius 2 is 2.11 bits per heavy atom. The molecule has 3 rings (SSSR count). The number of hydrogen-bond donors (Lipinski definition) is 1. The summed E-state index contributed by atoms with van der Waals surface area (Å²) in [5.41, 5.74) is 2.99. The standard InChI is InChI=1S/C16H24N2/c1-13-10-15-4-2-3-5-16(15)18(12-13)9-8-17-11-14-6-7-14/h2-5,13-14,17H,6-12H2,1H3. The van der Waals surface area contributed by atoms with Gasteiger partial charge >= 0.3 is 0 Å². The van der Waals surface area contributed by atoms with E-state index in [0.717, 1.165) is 24.9 Å². The lowest BCUT2D eigenvalue weighted by Crippen LogP contribution is -2.39. The van der Waals surface area contributed by atoms with Crippen molar-refractivity contribution in [1.29, 1.82) is 0 Å². The summed E-state index contributed by atoms with van der Waals surface area (Å²) >= 11 is 0. The highest BCUT2D eigenvalue weighted by molar-refractivity contribution is 5.55. The molecule has 1 aliphatic carbocycles. The molecule has 0 saturated heterocycles. The summed E-state index contributed by atoms with van der Waals surface area (Å²) in [5.74, 6) is 1.76. The van der Waals surface area contributed by atoms with Crippen molar-refractivity contribution in [2.75, 3.05) is 31.1 Å². The number of hydrogen-bond acceptors (Lipinski definition) is 2. The maximum atomic E-state index is 3.60. The van der Waals surface area contributed by atoms with Crippen molar-refractivity contribution in [1.82, 2.24) is 5.32 Å². The number of anilines is 1. The van der Waals surface area contributed by atoms with Crippen molar-refractivity contribution >= 4 is 5.69 Å². The van der Waals surface area contributed by atoms with Gasteiger partial charge in [-0.2, -0.15) is 0 Å². The lowest BCUT2D eigenvalue weighted by molar-refractivity contribution is 0.520. The van der Waals surface area contributed by atoms with Gasteiger partial charge in [-0.1, -0.05) is 25.1 Å². The molecule has 0 radical (unpaired) electrons. The summed E-state index contributed by atoms with van der Waals surface area (Å²) in [4.78, 5) is 2.56. The molecule has 1 saturated carbocycles. The fourth-order valence-corrected chi connectivity index (χ4v) is 2.96. The smallest absolute Gasteiger partial charge is 0.0399 e. The van der Waals surface area contributed by atoms with Crippen LogP contribution in [0.4, 0.5) is 5.69 Å². The van der Waals surface area contributed by atoms with Crippen molar-refractivity contribution < 1.29 is 0 Å². The lowest BCUT2D eigenvalue weighted by atomic mass is 9.94. The molecule has 2 heteroatoms. The van der Waals surface area contributed by atoms with E-state index in [0.29, 0.717) is 0 Å². The molecule has 1 atom stereocenters. The van der Waals surface area contributed by atoms with Gasteiger partial charge in [-0.05, 0) is 49.3 Å². The van der Waals surface area contributed by atoms with Crippen LogP contribution >= 0.6 is 0 Å². The van der Waals surface area contributed by atoms with Crippen molar-refractivity contribution in [3.63, 3.8) is 0 Å². The first-order valence-electron chi connectivity index (χ1n) is 7.36. The van der Waals surface area contributed by atoms with Crippen LogP contribution in [0.15, 0.2) is 24.3 Å². The molecule has 1 aromatic carbocycles. The van der Waals surface area contributed by atoms with Crippen molar-refractivity contribution in [3.05, 3.63) is 29.8 Å². The van der Waals surface area contributed by atoms with Gasteiger partial charge in [0, 0.05) is 25.3 Å². The van der Waals surface area contributed by atoms with Crippen LogP contribution in [0.2, 0.25) is 0 Å². The summed E-state index contributed by atoms with van der Waals surface area (Å²) < 4.78 is 0. The maximum absolute atomic E-state index is 3.60. The largest absolute Gasteiger partial charge is 0.370 e. The second-order valence-electron chi connectivity index (χ2n) is 6.03. The summed E-state index contributed by atoms with van der Waals surface area (Å²) in [6.07, 6.45) is 4.12. The van der Waals surface area contributed by atoms with Gasteiger partial charge in [0.15, 0.2) is 0 Å². The van der Waals surface area contributed by atoms with E-state index >= 15 is 0 Å². The van der Waals surface area contributed by atoms with Crippen LogP contribution in [0.25, 0.3) is 0 Å². The highest BCUT2D eigenvalue weighted by Crippen LogP contribution is 2.29. The van der Waals surface area contributed by atoms with E-state index in [9.17, 15) is 0 Å². The monoisotopic (exact) mass is 244 g/mol. The molecule has 2 nitrogen and oxygen atoms in total. The van der Waals surface area contributed by atoms with Gasteiger partial charge in [0.25, 0.3) is 0 Å². The first-order valence-corrected chi connectivity index (χ1v) is 7.36. The summed E-state index contributed by atoms with van der Waals surface area (Å²) in [5, 5.41) is 3.60. The van der Waals surface area contributed by atoms with Gasteiger partial charge in [-0.25, -0.2) is 0 Å². The summed E-state index contributed by atoms with van der Waals surface area (Å²) in [6.45, 7) is 7.07. The van der Waals surface area contributed by atoms with Crippen LogP contribution in [0.1, 0.15) is 25.3 Å². The van der Waals surface area contributed by atoms with Gasteiger partial charge in [-0.15, -0.1) is 0 Å². The van der Waals surface area contributed by atoms with E-state index in [2.05, 4.69) is 41.4 Å². The second-order valence-corrected chi connectivity index (χ2v) is 6.03. The zero-order valence-corrected chi connectivity index (χ0v) is 11.4. The van der Waals surface area contributed by atoms with Crippen LogP contribution in [0.3, 0.4) is 0 Å². The Morgan fingerprint density at radius 3 is 2.94 bits per heavy atom. The predicted molar refractivity (Wildman–Crippen MR) is 77.1 cm³/mol. The number of fused-ring (bicyclic) bond motifs is 1. The van der Waals surface area contributed by atoms with Crippen LogP contribution < -0.4 is 10.2 Å². The van der Waals surface area contributed by atoms with Crippen molar-refractivity contribution in [2.45, 2.75) is 26.2 Å². The van der Waals surface area contributed by atoms with Gasteiger partial charge in [0.05, 0.1) is 0 Å². The Morgan fingerprint density at radius 1 is 1.28 bits per heavy atom. The Bertz CT molecular complexity index is 398. The van der Waals surface area contributed by atoms with Crippen LogP contribution in [-0.2, 0) is 6.42 Å². The highest BCUT2D eigenvalue weighted by Gasteiger charge is 2.22. The fraction of sp³-hybridized carbons (Fsp3) is 0.625. The zero-order valence-electron chi connectivity index (χ0n) is 11.4. The van der Waals surface area contributed by atoms with Gasteiger partial charge in [0.1, 0.15) is 0 Å². The normalized spacial score (nSPS) is 22.9. The SMILES string of the molecule is CC1Cc2ccccc2N(CCNCC2CC2)C1. The molecule has 0 spiro atoms. The maximum Gasteiger partial charge on any atom is 0.0399 e. The predicted octanol–water partition coefficient (Wildman–Crippen LogP) is 2.68. The number of nitrogens with zero attached hydrogens (tertiary/aromatic N) is 1. The molecular weight excluding hydrogens is 220 g/mol. The minimum Gasteiger partial charge on any atom is -0.370 e. The fourth-order valence-electron chi connectivity index (χ4n) is 2.96. The number of benzene rings is 1. The molecule has 0 amide bonds. The van der Waals surface area contributed by atoms with Gasteiger partial charge in [-0.3, -0.25) is 0 Å². The molecule has 1 unspecified atom stereocenters. The van der Waals surface area contributed by atoms with E-state index in [4.69, 9.17) is 0 Å². The molecular formula is C16H24N2. The minimum absolute atomic E-state index is 0.781. The summed E-state index contributed by atoms with van der Waals surface area (Å²) in [7, 11) is 0. The second kappa shape index (κ2) is 5.31. The Balaban J connectivity index is 1.57. The van der Waals surface area contributed by atoms with Crippen molar-refractivity contribution in [3.8, 4) is 0 Å². The lowest BCUT2D eigenvalue weighted by Gasteiger charge is -2.35. The van der Waals surface area contributed by atoms with Crippen LogP contribution in [0.5, 0.6) is 0 Å². The third-order valence-corrected chi connectivity index (χ3v) is 4.12. The van der Waals surface area contributed by atoms with Crippen LogP contribution in [-0.4, -0.2) is 26.2 Å². The highest BCUT2D eigenvalue weighted by atomic mass is 15.2. The Hall–Kier alpha value is -1.02. The van der Waals surface area contributed by atoms with E-state index in [-0.39, 0.29) is 0 Å². The quantitative estimate of drug-likeness (QED) is 0.801. The summed E-state index contributed by atoms with van der Waals surface area (Å²) in [6, 6.07) is 8.90. The molecule has 2 aliphatic rings. The van der Waals surface area contributed by atoms with Gasteiger partial charge in [0.2, 0.25) is 0 Å². The van der Waals surface area contributed by atoms with Gasteiger partial charge < -0.3 is 10.2 Å². The molecule has 0 aromatic heterocycles. The average molecular weight is 244 g/mol. The zero-order chi connectivity index (χ0) is 12.4. The molecule has 1 N–H and O–H groups in total. The van der Waals surface area contributed by atoms with Crippen LogP contribution in [0, 0.1) is 11.8 Å². The Labute approximate surface area is 110 Å². The number of rotatable bonds is 5. The molecule has 1 fully saturated rings. The van der Waals surface area contributed by atoms with E-state index in [1.165, 1.54) is 43.6 Å². The average Bonchev–Trinajstić information content (AvgIpc) is 3.18. The molecule has 1 aromatic rings. The molecule has 98 valence electrons. The number of para-hydroxylation sites is 1. The third-order valence-electron chi connectivity index (χ3n) is 4.12. The number of nitrogens with one attached hydrogen (secondary N) is 1. The topological polar surface area (TPSA) is 15.3 Å². The molecule has 0 bridgehead atoms. The minimum atomic E-state index is 0.781. The van der Waals surface area contributed by atoms with E-state index < -0.39 is 0 Å². The third kappa shape index (κ3) is 2.86. The van der Waals surface area contributed by atoms with Crippen molar-refractivity contribution in [2.24, 2.45) is 11.8 Å². The Kier molecular flexibility index (Phi) is 3.55. The van der Waals surface area contributed by atoms with E-state index in [1.54, 1.807) is 0 Å². The first-order chi connectivity index (χ1) is 8.83. The molecule has 1 heterocycles. The molecule has 18 heavy (non-hydrogen) atoms.